The monoisotopic (exact) mass is 139 g/mol. The number of hydrogen-bond donors (Lipinski definition) is 0. The highest BCUT2D eigenvalue weighted by molar-refractivity contribution is 5.73. The minimum Gasteiger partial charge on any atom is -0.460 e. The van der Waals surface area contributed by atoms with E-state index in [0.717, 1.165) is 0 Å². The first-order chi connectivity index (χ1) is 4.81. The average molecular weight is 139 g/mol. The van der Waals surface area contributed by atoms with Crippen molar-refractivity contribution in [1.29, 1.82) is 0 Å². The smallest absolute Gasteiger partial charge is 0.387 e. The van der Waals surface area contributed by atoms with E-state index in [4.69, 9.17) is 6.57 Å². The van der Waals surface area contributed by atoms with E-state index in [1.165, 1.54) is 0 Å². The van der Waals surface area contributed by atoms with Crippen LogP contribution in [0, 0.1) is 6.57 Å². The Bertz CT molecular complexity index is 157. The van der Waals surface area contributed by atoms with E-state index in [1.807, 2.05) is 0 Å². The molecule has 0 amide bonds. The van der Waals surface area contributed by atoms with E-state index in [0.29, 0.717) is 13.0 Å². The lowest BCUT2D eigenvalue weighted by molar-refractivity contribution is -0.141. The Kier molecular flexibility index (Phi) is 5.07. The van der Waals surface area contributed by atoms with Gasteiger partial charge in [0.25, 0.3) is 0 Å². The van der Waals surface area contributed by atoms with Crippen LogP contribution in [-0.4, -0.2) is 19.1 Å². The largest absolute Gasteiger partial charge is 0.460 e. The van der Waals surface area contributed by atoms with Gasteiger partial charge in [0, 0.05) is 0 Å². The van der Waals surface area contributed by atoms with Gasteiger partial charge in [0.15, 0.2) is 0 Å². The molecule has 54 valence electrons. The molecule has 0 radical (unpaired) electrons. The molecule has 0 aromatic heterocycles. The molecule has 0 spiro atoms. The van der Waals surface area contributed by atoms with Gasteiger partial charge in [-0.15, -0.1) is 6.58 Å². The van der Waals surface area contributed by atoms with Gasteiger partial charge in [-0.05, 0) is 6.42 Å². The Balaban J connectivity index is 3.23. The fraction of sp³-hybridized carbons (Fsp3) is 0.429. The van der Waals surface area contributed by atoms with Crippen molar-refractivity contribution in [2.75, 3.05) is 13.2 Å². The average Bonchev–Trinajstić information content (AvgIpc) is 1.89. The number of hydrogen-bond acceptors (Lipinski definition) is 2. The fourth-order valence-corrected chi connectivity index (χ4v) is 0.366. The molecule has 3 heteroatoms. The summed E-state index contributed by atoms with van der Waals surface area (Å²) in [6, 6.07) is 0. The predicted molar refractivity (Wildman–Crippen MR) is 37.2 cm³/mol. The lowest BCUT2D eigenvalue weighted by Crippen LogP contribution is -2.07. The molecule has 0 aliphatic rings. The molecule has 0 aromatic carbocycles. The zero-order valence-corrected chi connectivity index (χ0v) is 5.67. The highest BCUT2D eigenvalue weighted by Gasteiger charge is 2.02. The van der Waals surface area contributed by atoms with Crippen LogP contribution in [0.25, 0.3) is 4.85 Å². The topological polar surface area (TPSA) is 30.7 Å². The highest BCUT2D eigenvalue weighted by atomic mass is 16.5. The lowest BCUT2D eigenvalue weighted by Gasteiger charge is -1.95. The van der Waals surface area contributed by atoms with Crippen LogP contribution in [0.1, 0.15) is 6.42 Å². The normalized spacial score (nSPS) is 7.90. The van der Waals surface area contributed by atoms with E-state index in [9.17, 15) is 4.79 Å². The number of rotatable bonds is 4. The maximum Gasteiger partial charge on any atom is 0.387 e. The lowest BCUT2D eigenvalue weighted by atomic mass is 10.4. The van der Waals surface area contributed by atoms with Crippen LogP contribution in [0.15, 0.2) is 12.7 Å². The van der Waals surface area contributed by atoms with Gasteiger partial charge in [-0.2, -0.15) is 0 Å². The molecule has 0 N–H and O–H groups in total. The predicted octanol–water partition coefficient (Wildman–Crippen LogP) is 1.02. The first kappa shape index (κ1) is 8.70. The molecule has 0 unspecified atom stereocenters. The maximum atomic E-state index is 10.4. The Hall–Kier alpha value is -1.30. The molecule has 0 aliphatic carbocycles. The number of ether oxygens (including phenoxy) is 1. The number of esters is 1. The van der Waals surface area contributed by atoms with Gasteiger partial charge in [-0.1, -0.05) is 6.08 Å². The second-order valence-electron chi connectivity index (χ2n) is 1.61. The van der Waals surface area contributed by atoms with Crippen LogP contribution < -0.4 is 0 Å². The third-order valence-corrected chi connectivity index (χ3v) is 0.793. The van der Waals surface area contributed by atoms with Crippen LogP contribution in [0.5, 0.6) is 0 Å². The van der Waals surface area contributed by atoms with E-state index in [-0.39, 0.29) is 6.54 Å². The SMILES string of the molecule is [C-]#[N+]CC(=O)OCCC=C. The molecular weight excluding hydrogens is 130 g/mol. The second kappa shape index (κ2) is 5.83. The van der Waals surface area contributed by atoms with Gasteiger partial charge >= 0.3 is 12.5 Å². The third-order valence-electron chi connectivity index (χ3n) is 0.793. The Morgan fingerprint density at radius 1 is 1.80 bits per heavy atom. The summed E-state index contributed by atoms with van der Waals surface area (Å²) >= 11 is 0. The summed E-state index contributed by atoms with van der Waals surface area (Å²) in [4.78, 5) is 13.3. The van der Waals surface area contributed by atoms with E-state index in [2.05, 4.69) is 16.2 Å². The number of nitrogens with zero attached hydrogens (tertiary/aromatic N) is 1. The Morgan fingerprint density at radius 3 is 3.00 bits per heavy atom. The quantitative estimate of drug-likeness (QED) is 0.252. The summed E-state index contributed by atoms with van der Waals surface area (Å²) in [7, 11) is 0. The van der Waals surface area contributed by atoms with Crippen molar-refractivity contribution in [3.8, 4) is 0 Å². The zero-order valence-electron chi connectivity index (χ0n) is 5.67. The van der Waals surface area contributed by atoms with Gasteiger partial charge in [-0.25, -0.2) is 11.4 Å². The van der Waals surface area contributed by atoms with Crippen molar-refractivity contribution in [3.05, 3.63) is 24.1 Å². The van der Waals surface area contributed by atoms with Crippen molar-refractivity contribution < 1.29 is 9.53 Å². The molecule has 0 saturated heterocycles. The summed E-state index contributed by atoms with van der Waals surface area (Å²) in [5, 5.41) is 0. The molecule has 0 aromatic rings. The molecule has 10 heavy (non-hydrogen) atoms. The first-order valence-electron chi connectivity index (χ1n) is 2.91. The third kappa shape index (κ3) is 4.85. The highest BCUT2D eigenvalue weighted by Crippen LogP contribution is 1.84. The molecule has 0 atom stereocenters. The molecule has 0 bridgehead atoms. The van der Waals surface area contributed by atoms with E-state index in [1.54, 1.807) is 6.08 Å². The molecule has 3 nitrogen and oxygen atoms in total. The summed E-state index contributed by atoms with van der Waals surface area (Å²) < 4.78 is 4.60. The molecule has 0 fully saturated rings. The second-order valence-corrected chi connectivity index (χ2v) is 1.61. The molecule has 0 saturated carbocycles. The van der Waals surface area contributed by atoms with Crippen molar-refractivity contribution >= 4 is 5.97 Å². The molecule has 0 aliphatic heterocycles. The van der Waals surface area contributed by atoms with Gasteiger partial charge in [0.05, 0.1) is 6.61 Å². The molecule has 0 heterocycles. The van der Waals surface area contributed by atoms with Crippen molar-refractivity contribution in [2.45, 2.75) is 6.42 Å². The summed E-state index contributed by atoms with van der Waals surface area (Å²) in [6.45, 7) is 9.92. The van der Waals surface area contributed by atoms with Crippen LogP contribution in [0.2, 0.25) is 0 Å². The Labute approximate surface area is 60.1 Å². The van der Waals surface area contributed by atoms with Crippen molar-refractivity contribution in [1.82, 2.24) is 0 Å². The summed E-state index contributed by atoms with van der Waals surface area (Å²) in [6.07, 6.45) is 2.30. The van der Waals surface area contributed by atoms with Crippen LogP contribution in [-0.2, 0) is 9.53 Å². The Morgan fingerprint density at radius 2 is 2.50 bits per heavy atom. The van der Waals surface area contributed by atoms with Gasteiger partial charge in [0.1, 0.15) is 0 Å². The van der Waals surface area contributed by atoms with Gasteiger partial charge in [-0.3, -0.25) is 0 Å². The fourth-order valence-electron chi connectivity index (χ4n) is 0.366. The first-order valence-corrected chi connectivity index (χ1v) is 2.91. The molecular formula is C7H9NO2. The summed E-state index contributed by atoms with van der Waals surface area (Å²) in [5.74, 6) is -0.461. The van der Waals surface area contributed by atoms with Crippen LogP contribution >= 0.6 is 0 Å². The van der Waals surface area contributed by atoms with E-state index >= 15 is 0 Å². The minimum atomic E-state index is -0.461. The van der Waals surface area contributed by atoms with Crippen LogP contribution in [0.4, 0.5) is 0 Å². The van der Waals surface area contributed by atoms with Crippen LogP contribution in [0.3, 0.4) is 0 Å². The number of carbonyl (C=O) groups excluding carboxylic acids is 1. The zero-order chi connectivity index (χ0) is 7.82. The van der Waals surface area contributed by atoms with Crippen molar-refractivity contribution in [2.24, 2.45) is 0 Å². The van der Waals surface area contributed by atoms with Crippen molar-refractivity contribution in [3.63, 3.8) is 0 Å². The van der Waals surface area contributed by atoms with E-state index < -0.39 is 5.97 Å². The minimum absolute atomic E-state index is 0.183. The summed E-state index contributed by atoms with van der Waals surface area (Å²) in [5.41, 5.74) is 0. The standard InChI is InChI=1S/C7H9NO2/c1-3-4-5-10-7(9)6-8-2/h3H,1,4-6H2. The molecule has 0 rings (SSSR count). The van der Waals surface area contributed by atoms with Gasteiger partial charge < -0.3 is 9.58 Å². The maximum absolute atomic E-state index is 10.4. The number of carbonyl (C=O) groups is 1. The van der Waals surface area contributed by atoms with Gasteiger partial charge in [0.2, 0.25) is 0 Å².